The third-order valence-corrected chi connectivity index (χ3v) is 3.61. The van der Waals surface area contributed by atoms with Gasteiger partial charge in [-0.3, -0.25) is 0 Å². The van der Waals surface area contributed by atoms with Crippen LogP contribution in [-0.2, 0) is 4.79 Å². The highest BCUT2D eigenvalue weighted by molar-refractivity contribution is 9.10. The highest BCUT2D eigenvalue weighted by atomic mass is 79.9. The Morgan fingerprint density at radius 3 is 2.87 bits per heavy atom. The van der Waals surface area contributed by atoms with E-state index < -0.39 is 5.97 Å². The molecule has 78 valence electrons. The molecule has 7 heteroatoms. The largest absolute Gasteiger partial charge is 0.478 e. The van der Waals surface area contributed by atoms with Gasteiger partial charge in [0.15, 0.2) is 0 Å². The summed E-state index contributed by atoms with van der Waals surface area (Å²) in [6, 6.07) is 1.77. The predicted molar refractivity (Wildman–Crippen MR) is 61.5 cm³/mol. The van der Waals surface area contributed by atoms with Gasteiger partial charge in [-0.25, -0.2) is 4.79 Å². The maximum Gasteiger partial charge on any atom is 0.338 e. The minimum absolute atomic E-state index is 0.314. The summed E-state index contributed by atoms with van der Waals surface area (Å²) in [5.74, 6) is -1.24. The molecule has 0 spiro atoms. The van der Waals surface area contributed by atoms with E-state index in [0.717, 1.165) is 14.2 Å². The Labute approximate surface area is 97.8 Å². The SMILES string of the molecule is Cc1sc(/C=C(\N=[N+]=[N-])C(=O)O)cc1Br. The molecule has 0 saturated carbocycles. The normalized spacial score (nSPS) is 10.9. The quantitative estimate of drug-likeness (QED) is 0.399. The van der Waals surface area contributed by atoms with Gasteiger partial charge in [0.1, 0.15) is 5.70 Å². The van der Waals surface area contributed by atoms with Crippen LogP contribution in [0.5, 0.6) is 0 Å². The first-order valence-electron chi connectivity index (χ1n) is 3.80. The summed E-state index contributed by atoms with van der Waals surface area (Å²) in [7, 11) is 0. The van der Waals surface area contributed by atoms with Crippen molar-refractivity contribution in [3.63, 3.8) is 0 Å². The van der Waals surface area contributed by atoms with Crippen molar-refractivity contribution in [1.29, 1.82) is 0 Å². The fourth-order valence-corrected chi connectivity index (χ4v) is 2.37. The second-order valence-corrected chi connectivity index (χ2v) is 4.72. The number of halogens is 1. The third-order valence-electron chi connectivity index (χ3n) is 1.53. The van der Waals surface area contributed by atoms with Gasteiger partial charge in [-0.2, -0.15) is 0 Å². The lowest BCUT2D eigenvalue weighted by Gasteiger charge is -1.89. The summed E-state index contributed by atoms with van der Waals surface area (Å²) >= 11 is 4.73. The Hall–Kier alpha value is -1.30. The van der Waals surface area contributed by atoms with Crippen molar-refractivity contribution >= 4 is 39.3 Å². The van der Waals surface area contributed by atoms with Crippen LogP contribution in [0.2, 0.25) is 0 Å². The van der Waals surface area contributed by atoms with Gasteiger partial charge in [-0.05, 0) is 40.5 Å². The molecule has 15 heavy (non-hydrogen) atoms. The third kappa shape index (κ3) is 3.09. The Morgan fingerprint density at radius 1 is 1.80 bits per heavy atom. The number of nitrogens with zero attached hydrogens (tertiary/aromatic N) is 3. The molecule has 1 aromatic rings. The molecule has 0 unspecified atom stereocenters. The first kappa shape index (κ1) is 11.8. The molecule has 0 saturated heterocycles. The summed E-state index contributed by atoms with van der Waals surface area (Å²) < 4.78 is 0.907. The first-order chi connectivity index (χ1) is 7.04. The molecule has 1 aromatic heterocycles. The van der Waals surface area contributed by atoms with Gasteiger partial charge in [0.05, 0.1) is 0 Å². The van der Waals surface area contributed by atoms with Crippen LogP contribution in [0.25, 0.3) is 16.5 Å². The zero-order valence-corrected chi connectivity index (χ0v) is 10.0. The van der Waals surface area contributed by atoms with Gasteiger partial charge in [0.2, 0.25) is 0 Å². The molecule has 1 N–H and O–H groups in total. The van der Waals surface area contributed by atoms with E-state index in [4.69, 9.17) is 10.6 Å². The summed E-state index contributed by atoms with van der Waals surface area (Å²) in [5, 5.41) is 11.8. The van der Waals surface area contributed by atoms with Gasteiger partial charge in [-0.15, -0.1) is 11.3 Å². The smallest absolute Gasteiger partial charge is 0.338 e. The minimum atomic E-state index is -1.24. The molecule has 0 radical (unpaired) electrons. The lowest BCUT2D eigenvalue weighted by atomic mass is 10.3. The number of aryl methyl sites for hydroxylation is 1. The van der Waals surface area contributed by atoms with Crippen molar-refractivity contribution in [2.45, 2.75) is 6.92 Å². The second-order valence-electron chi connectivity index (χ2n) is 2.58. The number of azide groups is 1. The Balaban J connectivity index is 3.12. The fraction of sp³-hybridized carbons (Fsp3) is 0.125. The van der Waals surface area contributed by atoms with E-state index >= 15 is 0 Å². The average Bonchev–Trinajstić information content (AvgIpc) is 2.45. The van der Waals surface area contributed by atoms with Crippen molar-refractivity contribution in [3.8, 4) is 0 Å². The molecule has 5 nitrogen and oxygen atoms in total. The molecular weight excluding hydrogens is 282 g/mol. The molecule has 0 atom stereocenters. The first-order valence-corrected chi connectivity index (χ1v) is 5.41. The van der Waals surface area contributed by atoms with Crippen LogP contribution in [0, 0.1) is 6.92 Å². The van der Waals surface area contributed by atoms with E-state index in [-0.39, 0.29) is 5.70 Å². The van der Waals surface area contributed by atoms with Crippen LogP contribution >= 0.6 is 27.3 Å². The van der Waals surface area contributed by atoms with Crippen molar-refractivity contribution in [2.24, 2.45) is 5.11 Å². The molecule has 0 aliphatic carbocycles. The van der Waals surface area contributed by atoms with Crippen LogP contribution < -0.4 is 0 Å². The zero-order valence-electron chi connectivity index (χ0n) is 7.64. The Bertz CT molecular complexity index is 451. The van der Waals surface area contributed by atoms with Gasteiger partial charge in [0, 0.05) is 19.1 Å². The number of thiophene rings is 1. The van der Waals surface area contributed by atoms with Crippen molar-refractivity contribution < 1.29 is 9.90 Å². The van der Waals surface area contributed by atoms with Gasteiger partial charge in [0.25, 0.3) is 0 Å². The monoisotopic (exact) mass is 287 g/mol. The van der Waals surface area contributed by atoms with Crippen LogP contribution in [0.4, 0.5) is 0 Å². The van der Waals surface area contributed by atoms with Crippen molar-refractivity contribution in [1.82, 2.24) is 0 Å². The van der Waals surface area contributed by atoms with Crippen LogP contribution in [-0.4, -0.2) is 11.1 Å². The van der Waals surface area contributed by atoms with E-state index in [1.165, 1.54) is 17.4 Å². The van der Waals surface area contributed by atoms with E-state index in [9.17, 15) is 4.79 Å². The molecule has 1 heterocycles. The highest BCUT2D eigenvalue weighted by Gasteiger charge is 2.07. The maximum atomic E-state index is 10.6. The molecule has 1 rings (SSSR count). The summed E-state index contributed by atoms with van der Waals surface area (Å²) in [6.45, 7) is 1.90. The molecule has 0 bridgehead atoms. The number of rotatable bonds is 3. The number of carboxylic acids is 1. The Morgan fingerprint density at radius 2 is 2.47 bits per heavy atom. The average molecular weight is 288 g/mol. The van der Waals surface area contributed by atoms with E-state index in [2.05, 4.69) is 26.0 Å². The minimum Gasteiger partial charge on any atom is -0.478 e. The highest BCUT2D eigenvalue weighted by Crippen LogP contribution is 2.28. The number of hydrogen-bond donors (Lipinski definition) is 1. The molecule has 0 aromatic carbocycles. The number of aliphatic carboxylic acids is 1. The topological polar surface area (TPSA) is 86.1 Å². The van der Waals surface area contributed by atoms with Gasteiger partial charge >= 0.3 is 5.97 Å². The number of carboxylic acid groups (broad SMARTS) is 1. The molecule has 0 aliphatic heterocycles. The summed E-state index contributed by atoms with van der Waals surface area (Å²) in [5.41, 5.74) is 7.86. The lowest BCUT2D eigenvalue weighted by molar-refractivity contribution is -0.132. The maximum absolute atomic E-state index is 10.6. The van der Waals surface area contributed by atoms with Gasteiger partial charge < -0.3 is 5.11 Å². The van der Waals surface area contributed by atoms with E-state index in [1.807, 2.05) is 6.92 Å². The molecule has 0 aliphatic rings. The second kappa shape index (κ2) is 4.97. The number of carbonyl (C=O) groups is 1. The standard InChI is InChI=1S/C8H6BrN3O2S/c1-4-6(9)2-5(15-4)3-7(8(13)14)11-12-10/h2-3H,1H3,(H,13,14)/b7-3-. The molecular formula is C8H6BrN3O2S. The molecule has 0 amide bonds. The van der Waals surface area contributed by atoms with Crippen molar-refractivity contribution in [3.05, 3.63) is 36.4 Å². The lowest BCUT2D eigenvalue weighted by Crippen LogP contribution is -1.95. The zero-order chi connectivity index (χ0) is 11.4. The molecule has 0 fully saturated rings. The van der Waals surface area contributed by atoms with Gasteiger partial charge in [-0.1, -0.05) is 5.11 Å². The van der Waals surface area contributed by atoms with Crippen LogP contribution in [0.3, 0.4) is 0 Å². The van der Waals surface area contributed by atoms with E-state index in [1.54, 1.807) is 6.07 Å². The summed E-state index contributed by atoms with van der Waals surface area (Å²) in [6.07, 6.45) is 1.34. The Kier molecular flexibility index (Phi) is 3.90. The van der Waals surface area contributed by atoms with Crippen LogP contribution in [0.1, 0.15) is 9.75 Å². The fourth-order valence-electron chi connectivity index (χ4n) is 0.869. The number of hydrogen-bond acceptors (Lipinski definition) is 3. The van der Waals surface area contributed by atoms with Crippen LogP contribution in [0.15, 0.2) is 21.4 Å². The van der Waals surface area contributed by atoms with E-state index in [0.29, 0.717) is 0 Å². The summed E-state index contributed by atoms with van der Waals surface area (Å²) in [4.78, 5) is 14.9. The predicted octanol–water partition coefficient (Wildman–Crippen LogP) is 3.55. The van der Waals surface area contributed by atoms with Crippen molar-refractivity contribution in [2.75, 3.05) is 0 Å².